The highest BCUT2D eigenvalue weighted by atomic mass is 16.3. The van der Waals surface area contributed by atoms with Gasteiger partial charge in [-0.25, -0.2) is 0 Å². The minimum atomic E-state index is 0.307. The van der Waals surface area contributed by atoms with Crippen LogP contribution in [-0.4, -0.2) is 37.0 Å². The van der Waals surface area contributed by atoms with E-state index in [2.05, 4.69) is 4.99 Å². The maximum absolute atomic E-state index is 9.84. The Kier molecular flexibility index (Phi) is 3.12. The number of hydrogen-bond donors (Lipinski definition) is 1. The number of phenolic OH excluding ortho intramolecular Hbond substituents is 1. The van der Waals surface area contributed by atoms with E-state index in [-0.39, 0.29) is 0 Å². The highest BCUT2D eigenvalue weighted by Gasteiger charge is 2.11. The van der Waals surface area contributed by atoms with Gasteiger partial charge in [0.25, 0.3) is 0 Å². The van der Waals surface area contributed by atoms with Crippen LogP contribution in [0.1, 0.15) is 11.1 Å². The first-order valence-corrected chi connectivity index (χ1v) is 4.51. The van der Waals surface area contributed by atoms with E-state index >= 15 is 0 Å². The van der Waals surface area contributed by atoms with Gasteiger partial charge in [-0.2, -0.15) is 0 Å². The molecule has 0 saturated heterocycles. The van der Waals surface area contributed by atoms with Gasteiger partial charge in [-0.05, 0) is 18.6 Å². The van der Waals surface area contributed by atoms with Crippen LogP contribution in [0.15, 0.2) is 23.2 Å². The van der Waals surface area contributed by atoms with Crippen molar-refractivity contribution >= 4 is 5.84 Å². The molecule has 0 heterocycles. The molecule has 0 aliphatic rings. The number of nitrogens with zero attached hydrogens (tertiary/aromatic N) is 2. The van der Waals surface area contributed by atoms with Gasteiger partial charge in [0.05, 0.1) is 5.56 Å². The Morgan fingerprint density at radius 3 is 2.50 bits per heavy atom. The Morgan fingerprint density at radius 2 is 2.00 bits per heavy atom. The highest BCUT2D eigenvalue weighted by molar-refractivity contribution is 6.01. The predicted molar refractivity (Wildman–Crippen MR) is 59.0 cm³/mol. The van der Waals surface area contributed by atoms with Gasteiger partial charge in [0.15, 0.2) is 0 Å². The summed E-state index contributed by atoms with van der Waals surface area (Å²) in [6, 6.07) is 5.66. The Hall–Kier alpha value is -1.51. The van der Waals surface area contributed by atoms with Crippen LogP contribution in [0, 0.1) is 6.92 Å². The van der Waals surface area contributed by atoms with Crippen LogP contribution >= 0.6 is 0 Å². The Bertz CT molecular complexity index is 356. The minimum absolute atomic E-state index is 0.307. The molecule has 3 heteroatoms. The second-order valence-electron chi connectivity index (χ2n) is 3.41. The van der Waals surface area contributed by atoms with Gasteiger partial charge in [-0.3, -0.25) is 4.99 Å². The Morgan fingerprint density at radius 1 is 1.36 bits per heavy atom. The van der Waals surface area contributed by atoms with E-state index in [0.29, 0.717) is 5.75 Å². The molecule has 0 bridgehead atoms. The molecule has 0 spiro atoms. The van der Waals surface area contributed by atoms with Crippen molar-refractivity contribution in [1.82, 2.24) is 4.90 Å². The summed E-state index contributed by atoms with van der Waals surface area (Å²) in [4.78, 5) is 6.03. The largest absolute Gasteiger partial charge is 0.507 e. The molecule has 0 aliphatic carbocycles. The summed E-state index contributed by atoms with van der Waals surface area (Å²) in [5, 5.41) is 9.84. The summed E-state index contributed by atoms with van der Waals surface area (Å²) in [6.45, 7) is 1.88. The normalized spacial score (nSPS) is 11.6. The van der Waals surface area contributed by atoms with Crippen molar-refractivity contribution in [1.29, 1.82) is 0 Å². The van der Waals surface area contributed by atoms with Crippen molar-refractivity contribution in [3.63, 3.8) is 0 Å². The number of amidine groups is 1. The molecule has 0 radical (unpaired) electrons. The van der Waals surface area contributed by atoms with E-state index in [9.17, 15) is 5.11 Å². The van der Waals surface area contributed by atoms with E-state index in [1.807, 2.05) is 44.1 Å². The predicted octanol–water partition coefficient (Wildman–Crippen LogP) is 1.64. The lowest BCUT2D eigenvalue weighted by atomic mass is 10.1. The second-order valence-corrected chi connectivity index (χ2v) is 3.41. The van der Waals surface area contributed by atoms with Crippen LogP contribution in [0.25, 0.3) is 0 Å². The summed E-state index contributed by atoms with van der Waals surface area (Å²) in [5.74, 6) is 1.09. The number of aryl methyl sites for hydroxylation is 1. The first-order valence-electron chi connectivity index (χ1n) is 4.51. The third-order valence-electron chi connectivity index (χ3n) is 2.11. The molecule has 0 saturated carbocycles. The first-order chi connectivity index (χ1) is 6.57. The van der Waals surface area contributed by atoms with E-state index in [1.165, 1.54) is 0 Å². The molecular weight excluding hydrogens is 176 g/mol. The number of benzene rings is 1. The van der Waals surface area contributed by atoms with E-state index in [1.54, 1.807) is 7.05 Å². The van der Waals surface area contributed by atoms with Crippen molar-refractivity contribution in [3.05, 3.63) is 29.3 Å². The van der Waals surface area contributed by atoms with Crippen LogP contribution in [0.5, 0.6) is 5.75 Å². The Balaban J connectivity index is 3.25. The third-order valence-corrected chi connectivity index (χ3v) is 2.11. The zero-order valence-electron chi connectivity index (χ0n) is 9.07. The maximum Gasteiger partial charge on any atom is 0.133 e. The van der Waals surface area contributed by atoms with E-state index < -0.39 is 0 Å². The van der Waals surface area contributed by atoms with Gasteiger partial charge in [-0.1, -0.05) is 12.1 Å². The SMILES string of the molecule is CN=C(c1cccc(C)c1O)N(C)C. The summed E-state index contributed by atoms with van der Waals surface area (Å²) in [7, 11) is 5.53. The number of aromatic hydroxyl groups is 1. The van der Waals surface area contributed by atoms with Crippen LogP contribution in [0.3, 0.4) is 0 Å². The van der Waals surface area contributed by atoms with Gasteiger partial charge in [0, 0.05) is 21.1 Å². The zero-order chi connectivity index (χ0) is 10.7. The van der Waals surface area contributed by atoms with Gasteiger partial charge in [-0.15, -0.1) is 0 Å². The molecule has 1 rings (SSSR count). The summed E-state index contributed by atoms with van der Waals surface area (Å²) < 4.78 is 0. The molecule has 1 aromatic rings. The van der Waals surface area contributed by atoms with Crippen LogP contribution in [0.2, 0.25) is 0 Å². The highest BCUT2D eigenvalue weighted by Crippen LogP contribution is 2.22. The summed E-state index contributed by atoms with van der Waals surface area (Å²) in [6.07, 6.45) is 0. The maximum atomic E-state index is 9.84. The molecule has 14 heavy (non-hydrogen) atoms. The smallest absolute Gasteiger partial charge is 0.133 e. The molecule has 76 valence electrons. The molecule has 3 nitrogen and oxygen atoms in total. The lowest BCUT2D eigenvalue weighted by Gasteiger charge is -2.17. The molecule has 0 atom stereocenters. The van der Waals surface area contributed by atoms with Crippen LogP contribution < -0.4 is 0 Å². The standard InChI is InChI=1S/C11H16N2O/c1-8-6-5-7-9(10(8)14)11(12-2)13(3)4/h5-7,14H,1-4H3. The lowest BCUT2D eigenvalue weighted by Crippen LogP contribution is -2.23. The van der Waals surface area contributed by atoms with Crippen molar-refractivity contribution in [2.45, 2.75) is 6.92 Å². The molecule has 0 fully saturated rings. The molecule has 0 amide bonds. The molecule has 1 aromatic carbocycles. The molecule has 1 N–H and O–H groups in total. The minimum Gasteiger partial charge on any atom is -0.507 e. The van der Waals surface area contributed by atoms with Gasteiger partial charge in [0.2, 0.25) is 0 Å². The zero-order valence-corrected chi connectivity index (χ0v) is 9.07. The van der Waals surface area contributed by atoms with E-state index in [4.69, 9.17) is 0 Å². The fraction of sp³-hybridized carbons (Fsp3) is 0.364. The van der Waals surface area contributed by atoms with Gasteiger partial charge < -0.3 is 10.0 Å². The van der Waals surface area contributed by atoms with Crippen LogP contribution in [0.4, 0.5) is 0 Å². The van der Waals surface area contributed by atoms with Crippen molar-refractivity contribution < 1.29 is 5.11 Å². The third kappa shape index (κ3) is 1.87. The second kappa shape index (κ2) is 4.13. The fourth-order valence-electron chi connectivity index (χ4n) is 1.40. The Labute approximate surface area is 84.7 Å². The molecule has 0 aromatic heterocycles. The quantitative estimate of drug-likeness (QED) is 0.542. The molecule has 0 unspecified atom stereocenters. The van der Waals surface area contributed by atoms with Gasteiger partial charge >= 0.3 is 0 Å². The van der Waals surface area contributed by atoms with Crippen LogP contribution in [-0.2, 0) is 0 Å². The molecule has 0 aliphatic heterocycles. The summed E-state index contributed by atoms with van der Waals surface area (Å²) >= 11 is 0. The average Bonchev–Trinajstić information content (AvgIpc) is 2.13. The molecular formula is C11H16N2O. The number of hydrogen-bond acceptors (Lipinski definition) is 2. The lowest BCUT2D eigenvalue weighted by molar-refractivity contribution is 0.467. The first kappa shape index (κ1) is 10.6. The van der Waals surface area contributed by atoms with Crippen molar-refractivity contribution in [2.24, 2.45) is 4.99 Å². The number of para-hydroxylation sites is 1. The fourth-order valence-corrected chi connectivity index (χ4v) is 1.40. The monoisotopic (exact) mass is 192 g/mol. The van der Waals surface area contributed by atoms with Crippen molar-refractivity contribution in [2.75, 3.05) is 21.1 Å². The topological polar surface area (TPSA) is 35.8 Å². The van der Waals surface area contributed by atoms with Crippen molar-refractivity contribution in [3.8, 4) is 5.75 Å². The van der Waals surface area contributed by atoms with E-state index in [0.717, 1.165) is 17.0 Å². The number of rotatable bonds is 1. The van der Waals surface area contributed by atoms with Gasteiger partial charge in [0.1, 0.15) is 11.6 Å². The number of phenols is 1. The average molecular weight is 192 g/mol. The summed E-state index contributed by atoms with van der Waals surface area (Å²) in [5.41, 5.74) is 1.64. The number of aliphatic imine (C=N–C) groups is 1.